The highest BCUT2D eigenvalue weighted by Crippen LogP contribution is 2.33. The van der Waals surface area contributed by atoms with E-state index in [1.807, 2.05) is 12.1 Å². The highest BCUT2D eigenvalue weighted by atomic mass is 16.5. The topological polar surface area (TPSA) is 82.9 Å². The van der Waals surface area contributed by atoms with Crippen LogP contribution in [-0.2, 0) is 14.3 Å². The second kappa shape index (κ2) is 7.11. The van der Waals surface area contributed by atoms with Crippen LogP contribution in [0, 0.1) is 16.7 Å². The average Bonchev–Trinajstić information content (AvgIpc) is 2.68. The number of benzene rings is 1. The molecule has 7 heteroatoms. The molecule has 2 aliphatic rings. The Kier molecular flexibility index (Phi) is 4.91. The zero-order valence-corrected chi connectivity index (χ0v) is 14.2. The molecule has 2 aliphatic heterocycles. The lowest BCUT2D eigenvalue weighted by molar-refractivity contribution is -0.146. The zero-order chi connectivity index (χ0) is 17.9. The molecule has 2 fully saturated rings. The third-order valence-electron chi connectivity index (χ3n) is 4.86. The van der Waals surface area contributed by atoms with Crippen LogP contribution in [0.25, 0.3) is 0 Å². The molecular formula is C18H21N3O4. The number of piperazine rings is 1. The molecule has 25 heavy (non-hydrogen) atoms. The van der Waals surface area contributed by atoms with E-state index in [-0.39, 0.29) is 18.4 Å². The maximum absolute atomic E-state index is 12.8. The van der Waals surface area contributed by atoms with Gasteiger partial charge in [-0.2, -0.15) is 5.26 Å². The van der Waals surface area contributed by atoms with Gasteiger partial charge in [0.2, 0.25) is 11.8 Å². The van der Waals surface area contributed by atoms with Crippen molar-refractivity contribution in [2.75, 3.05) is 44.9 Å². The number of nitrogens with zero attached hydrogens (tertiary/aromatic N) is 3. The number of methoxy groups -OCH3 is 1. The largest absolute Gasteiger partial charge is 0.497 e. The summed E-state index contributed by atoms with van der Waals surface area (Å²) < 4.78 is 10.4. The maximum Gasteiger partial charge on any atom is 0.246 e. The minimum Gasteiger partial charge on any atom is -0.497 e. The molecule has 0 aromatic heterocycles. The van der Waals surface area contributed by atoms with Gasteiger partial charge in [-0.05, 0) is 37.1 Å². The van der Waals surface area contributed by atoms with Crippen LogP contribution in [0.3, 0.4) is 0 Å². The highest BCUT2D eigenvalue weighted by Gasteiger charge is 2.44. The first-order valence-electron chi connectivity index (χ1n) is 8.32. The molecule has 2 heterocycles. The third-order valence-corrected chi connectivity index (χ3v) is 4.86. The molecular weight excluding hydrogens is 322 g/mol. The monoisotopic (exact) mass is 343 g/mol. The van der Waals surface area contributed by atoms with Crippen molar-refractivity contribution in [3.8, 4) is 11.8 Å². The molecule has 0 aliphatic carbocycles. The number of hydrogen-bond donors (Lipinski definition) is 0. The van der Waals surface area contributed by atoms with Gasteiger partial charge in [-0.1, -0.05) is 0 Å². The van der Waals surface area contributed by atoms with Crippen molar-refractivity contribution in [1.29, 1.82) is 5.26 Å². The van der Waals surface area contributed by atoms with Crippen molar-refractivity contribution in [1.82, 2.24) is 4.90 Å². The van der Waals surface area contributed by atoms with Gasteiger partial charge in [0.25, 0.3) is 0 Å². The quantitative estimate of drug-likeness (QED) is 0.823. The van der Waals surface area contributed by atoms with Gasteiger partial charge in [-0.15, -0.1) is 0 Å². The molecule has 1 aromatic rings. The molecule has 0 atom stereocenters. The first-order valence-corrected chi connectivity index (χ1v) is 8.32. The van der Waals surface area contributed by atoms with E-state index in [1.165, 1.54) is 4.90 Å². The summed E-state index contributed by atoms with van der Waals surface area (Å²) in [7, 11) is 1.59. The number of hydrogen-bond acceptors (Lipinski definition) is 5. The summed E-state index contributed by atoms with van der Waals surface area (Å²) in [5.74, 6) is 0.325. The van der Waals surface area contributed by atoms with Gasteiger partial charge in [0.15, 0.2) is 0 Å². The SMILES string of the molecule is COc1ccc(N2CCN(C(=O)C3(C#N)CCOCC3)CC2=O)cc1. The van der Waals surface area contributed by atoms with Gasteiger partial charge in [-0.25, -0.2) is 0 Å². The minimum absolute atomic E-state index is 0.00481. The Morgan fingerprint density at radius 2 is 1.92 bits per heavy atom. The van der Waals surface area contributed by atoms with Crippen LogP contribution < -0.4 is 9.64 Å². The van der Waals surface area contributed by atoms with Crippen LogP contribution in [0.5, 0.6) is 5.75 Å². The predicted octanol–water partition coefficient (Wildman–Crippen LogP) is 1.19. The first kappa shape index (κ1) is 17.2. The molecule has 1 aromatic carbocycles. The summed E-state index contributed by atoms with van der Waals surface area (Å²) in [6.07, 6.45) is 0.768. The number of nitriles is 1. The Hall–Kier alpha value is -2.59. The van der Waals surface area contributed by atoms with E-state index in [0.29, 0.717) is 39.1 Å². The number of ether oxygens (including phenoxy) is 2. The molecule has 0 N–H and O–H groups in total. The summed E-state index contributed by atoms with van der Waals surface area (Å²) in [5.41, 5.74) is -0.278. The van der Waals surface area contributed by atoms with Gasteiger partial charge < -0.3 is 19.3 Å². The van der Waals surface area contributed by atoms with Crippen molar-refractivity contribution in [3.05, 3.63) is 24.3 Å². The number of carbonyl (C=O) groups excluding carboxylic acids is 2. The summed E-state index contributed by atoms with van der Waals surface area (Å²) in [5, 5.41) is 9.53. The van der Waals surface area contributed by atoms with Gasteiger partial charge in [0, 0.05) is 32.0 Å². The zero-order valence-electron chi connectivity index (χ0n) is 14.2. The lowest BCUT2D eigenvalue weighted by Gasteiger charge is -2.39. The van der Waals surface area contributed by atoms with E-state index in [4.69, 9.17) is 9.47 Å². The van der Waals surface area contributed by atoms with Crippen LogP contribution in [0.1, 0.15) is 12.8 Å². The lowest BCUT2D eigenvalue weighted by atomic mass is 9.80. The van der Waals surface area contributed by atoms with Gasteiger partial charge in [-0.3, -0.25) is 9.59 Å². The van der Waals surface area contributed by atoms with E-state index in [0.717, 1.165) is 11.4 Å². The van der Waals surface area contributed by atoms with Crippen molar-refractivity contribution < 1.29 is 19.1 Å². The minimum atomic E-state index is -1.05. The van der Waals surface area contributed by atoms with E-state index >= 15 is 0 Å². The maximum atomic E-state index is 12.8. The molecule has 0 saturated carbocycles. The van der Waals surface area contributed by atoms with E-state index in [1.54, 1.807) is 24.1 Å². The fourth-order valence-electron chi connectivity index (χ4n) is 3.28. The Labute approximate surface area is 146 Å². The van der Waals surface area contributed by atoms with Crippen molar-refractivity contribution in [3.63, 3.8) is 0 Å². The van der Waals surface area contributed by atoms with Crippen LogP contribution in [0.4, 0.5) is 5.69 Å². The number of carbonyl (C=O) groups is 2. The number of amides is 2. The molecule has 3 rings (SSSR count). The summed E-state index contributed by atoms with van der Waals surface area (Å²) in [6, 6.07) is 9.42. The Morgan fingerprint density at radius 3 is 2.48 bits per heavy atom. The highest BCUT2D eigenvalue weighted by molar-refractivity contribution is 5.99. The van der Waals surface area contributed by atoms with E-state index in [2.05, 4.69) is 6.07 Å². The molecule has 0 bridgehead atoms. The smallest absolute Gasteiger partial charge is 0.246 e. The van der Waals surface area contributed by atoms with Crippen molar-refractivity contribution in [2.24, 2.45) is 5.41 Å². The Balaban J connectivity index is 1.69. The second-order valence-corrected chi connectivity index (χ2v) is 6.28. The van der Waals surface area contributed by atoms with Gasteiger partial charge in [0.1, 0.15) is 17.7 Å². The number of anilines is 1. The molecule has 2 saturated heterocycles. The fourth-order valence-corrected chi connectivity index (χ4v) is 3.28. The van der Waals surface area contributed by atoms with Crippen LogP contribution in [-0.4, -0.2) is 56.7 Å². The predicted molar refractivity (Wildman–Crippen MR) is 90.0 cm³/mol. The Bertz CT molecular complexity index is 689. The van der Waals surface area contributed by atoms with E-state index in [9.17, 15) is 14.9 Å². The average molecular weight is 343 g/mol. The normalized spacial score (nSPS) is 20.1. The summed E-state index contributed by atoms with van der Waals surface area (Å²) in [4.78, 5) is 28.5. The number of rotatable bonds is 3. The molecule has 0 radical (unpaired) electrons. The standard InChI is InChI=1S/C18H21N3O4/c1-24-15-4-2-14(3-5-15)21-9-8-20(12-16(21)22)17(23)18(13-19)6-10-25-11-7-18/h2-5H,6-12H2,1H3. The van der Waals surface area contributed by atoms with Crippen LogP contribution >= 0.6 is 0 Å². The first-order chi connectivity index (χ1) is 12.1. The van der Waals surface area contributed by atoms with Gasteiger partial charge >= 0.3 is 0 Å². The van der Waals surface area contributed by atoms with Crippen LogP contribution in [0.15, 0.2) is 24.3 Å². The van der Waals surface area contributed by atoms with E-state index < -0.39 is 5.41 Å². The summed E-state index contributed by atoms with van der Waals surface area (Å²) >= 11 is 0. The molecule has 0 unspecified atom stereocenters. The second-order valence-electron chi connectivity index (χ2n) is 6.28. The molecule has 7 nitrogen and oxygen atoms in total. The Morgan fingerprint density at radius 1 is 1.24 bits per heavy atom. The van der Waals surface area contributed by atoms with Gasteiger partial charge in [0.05, 0.1) is 13.2 Å². The molecule has 2 amide bonds. The molecule has 132 valence electrons. The van der Waals surface area contributed by atoms with Crippen molar-refractivity contribution >= 4 is 17.5 Å². The fraction of sp³-hybridized carbons (Fsp3) is 0.500. The summed E-state index contributed by atoms with van der Waals surface area (Å²) in [6.45, 7) is 1.63. The van der Waals surface area contributed by atoms with Crippen LogP contribution in [0.2, 0.25) is 0 Å². The lowest BCUT2D eigenvalue weighted by Crippen LogP contribution is -2.56. The van der Waals surface area contributed by atoms with Crippen molar-refractivity contribution in [2.45, 2.75) is 12.8 Å². The third kappa shape index (κ3) is 3.30. The molecule has 0 spiro atoms.